The zero-order chi connectivity index (χ0) is 14.8. The van der Waals surface area contributed by atoms with Gasteiger partial charge in [0.25, 0.3) is 0 Å². The average molecular weight is 304 g/mol. The molecular weight excluding hydrogens is 289 g/mol. The summed E-state index contributed by atoms with van der Waals surface area (Å²) in [4.78, 5) is 0. The molecule has 0 spiro atoms. The maximum atomic E-state index is 13.3. The molecule has 0 saturated carbocycles. The summed E-state index contributed by atoms with van der Waals surface area (Å²) in [5.74, 6) is 0.500. The first-order chi connectivity index (χ1) is 10.2. The Morgan fingerprint density at radius 2 is 2.00 bits per heavy atom. The van der Waals surface area contributed by atoms with Gasteiger partial charge in [-0.2, -0.15) is 0 Å². The summed E-state index contributed by atoms with van der Waals surface area (Å²) in [6.07, 6.45) is 0. The van der Waals surface area contributed by atoms with Crippen LogP contribution in [0.5, 0.6) is 5.75 Å². The molecule has 1 aromatic heterocycles. The molecule has 21 heavy (non-hydrogen) atoms. The molecule has 108 valence electrons. The van der Waals surface area contributed by atoms with Crippen molar-refractivity contribution < 1.29 is 9.13 Å². The van der Waals surface area contributed by atoms with Crippen LogP contribution in [0.1, 0.15) is 12.6 Å². The summed E-state index contributed by atoms with van der Waals surface area (Å²) in [6.45, 7) is 3.29. The summed E-state index contributed by atoms with van der Waals surface area (Å²) >= 11 is 5.94. The first-order valence-electron chi connectivity index (χ1n) is 6.83. The van der Waals surface area contributed by atoms with Gasteiger partial charge >= 0.3 is 0 Å². The number of benzene rings is 2. The van der Waals surface area contributed by atoms with Crippen molar-refractivity contribution in [2.75, 3.05) is 0 Å². The van der Waals surface area contributed by atoms with Crippen LogP contribution in [0.2, 0.25) is 5.02 Å². The number of halogens is 2. The van der Waals surface area contributed by atoms with Crippen LogP contribution in [-0.4, -0.2) is 4.57 Å². The molecule has 0 saturated heterocycles. The molecule has 3 aromatic rings. The molecule has 0 N–H and O–H groups in total. The minimum absolute atomic E-state index is 0.224. The third kappa shape index (κ3) is 2.88. The second kappa shape index (κ2) is 5.78. The lowest BCUT2D eigenvalue weighted by Crippen LogP contribution is -2.04. The molecule has 1 heterocycles. The third-order valence-corrected chi connectivity index (χ3v) is 3.68. The van der Waals surface area contributed by atoms with Crippen molar-refractivity contribution in [1.29, 1.82) is 0 Å². The first kappa shape index (κ1) is 14.0. The zero-order valence-corrected chi connectivity index (χ0v) is 12.4. The largest absolute Gasteiger partial charge is 0.487 e. The van der Waals surface area contributed by atoms with Gasteiger partial charge in [-0.15, -0.1) is 0 Å². The van der Waals surface area contributed by atoms with Gasteiger partial charge in [0.05, 0.1) is 5.69 Å². The highest BCUT2D eigenvalue weighted by molar-refractivity contribution is 6.30. The van der Waals surface area contributed by atoms with Gasteiger partial charge in [0.2, 0.25) is 0 Å². The van der Waals surface area contributed by atoms with Crippen molar-refractivity contribution in [3.05, 3.63) is 65.1 Å². The van der Waals surface area contributed by atoms with Gasteiger partial charge < -0.3 is 9.30 Å². The van der Waals surface area contributed by atoms with Crippen LogP contribution in [-0.2, 0) is 13.2 Å². The van der Waals surface area contributed by atoms with E-state index in [9.17, 15) is 4.39 Å². The number of aryl methyl sites for hydroxylation is 1. The molecule has 4 heteroatoms. The van der Waals surface area contributed by atoms with Crippen molar-refractivity contribution in [3.63, 3.8) is 0 Å². The normalized spacial score (nSPS) is 11.0. The molecule has 0 unspecified atom stereocenters. The van der Waals surface area contributed by atoms with Crippen molar-refractivity contribution >= 4 is 22.5 Å². The Bertz CT molecular complexity index is 782. The van der Waals surface area contributed by atoms with Crippen LogP contribution >= 0.6 is 11.6 Å². The number of ether oxygens (including phenoxy) is 1. The van der Waals surface area contributed by atoms with E-state index in [0.717, 1.165) is 28.9 Å². The molecule has 0 aliphatic rings. The Hall–Kier alpha value is -2.00. The second-order valence-corrected chi connectivity index (χ2v) is 5.27. The predicted molar refractivity (Wildman–Crippen MR) is 83.4 cm³/mol. The van der Waals surface area contributed by atoms with Gasteiger partial charge in [-0.05, 0) is 49.4 Å². The van der Waals surface area contributed by atoms with Gasteiger partial charge in [0.15, 0.2) is 0 Å². The molecule has 0 fully saturated rings. The van der Waals surface area contributed by atoms with Crippen molar-refractivity contribution in [3.8, 4) is 5.75 Å². The topological polar surface area (TPSA) is 14.2 Å². The van der Waals surface area contributed by atoms with Crippen molar-refractivity contribution in [1.82, 2.24) is 4.57 Å². The second-order valence-electron chi connectivity index (χ2n) is 4.83. The Balaban J connectivity index is 1.89. The van der Waals surface area contributed by atoms with Crippen LogP contribution in [0, 0.1) is 5.82 Å². The monoisotopic (exact) mass is 303 g/mol. The number of nitrogens with zero attached hydrogens (tertiary/aromatic N) is 1. The molecule has 3 rings (SSSR count). The lowest BCUT2D eigenvalue weighted by atomic mass is 10.2. The fraction of sp³-hybridized carbons (Fsp3) is 0.176. The summed E-state index contributed by atoms with van der Waals surface area (Å²) < 4.78 is 21.2. The van der Waals surface area contributed by atoms with Crippen LogP contribution in [0.3, 0.4) is 0 Å². The average Bonchev–Trinajstić information content (AvgIpc) is 2.81. The van der Waals surface area contributed by atoms with Gasteiger partial charge in [-0.3, -0.25) is 0 Å². The highest BCUT2D eigenvalue weighted by Crippen LogP contribution is 2.23. The highest BCUT2D eigenvalue weighted by atomic mass is 35.5. The van der Waals surface area contributed by atoms with E-state index in [1.807, 2.05) is 18.2 Å². The number of hydrogen-bond donors (Lipinski definition) is 0. The number of rotatable bonds is 4. The third-order valence-electron chi connectivity index (χ3n) is 3.45. The Labute approximate surface area is 127 Å². The quantitative estimate of drug-likeness (QED) is 0.659. The Morgan fingerprint density at radius 1 is 1.14 bits per heavy atom. The predicted octanol–water partition coefficient (Wildman–Crippen LogP) is 5.03. The summed E-state index contributed by atoms with van der Waals surface area (Å²) in [5, 5.41) is 1.53. The smallest absolute Gasteiger partial charge is 0.128 e. The van der Waals surface area contributed by atoms with Crippen LogP contribution in [0.25, 0.3) is 10.9 Å². The van der Waals surface area contributed by atoms with Crippen LogP contribution in [0.4, 0.5) is 4.39 Å². The van der Waals surface area contributed by atoms with E-state index in [1.54, 1.807) is 24.3 Å². The lowest BCUT2D eigenvalue weighted by molar-refractivity contribution is 0.296. The van der Waals surface area contributed by atoms with Crippen LogP contribution < -0.4 is 4.74 Å². The summed E-state index contributed by atoms with van der Waals surface area (Å²) in [5.41, 5.74) is 2.03. The van der Waals surface area contributed by atoms with E-state index >= 15 is 0 Å². The molecule has 0 aliphatic carbocycles. The molecule has 0 radical (unpaired) electrons. The van der Waals surface area contributed by atoms with Crippen molar-refractivity contribution in [2.24, 2.45) is 0 Å². The molecule has 0 aliphatic heterocycles. The Kier molecular flexibility index (Phi) is 3.84. The van der Waals surface area contributed by atoms with E-state index in [0.29, 0.717) is 11.6 Å². The maximum absolute atomic E-state index is 13.3. The highest BCUT2D eigenvalue weighted by Gasteiger charge is 2.09. The van der Waals surface area contributed by atoms with E-state index in [-0.39, 0.29) is 5.82 Å². The van der Waals surface area contributed by atoms with E-state index in [4.69, 9.17) is 16.3 Å². The first-order valence-corrected chi connectivity index (χ1v) is 7.21. The minimum atomic E-state index is -0.224. The van der Waals surface area contributed by atoms with E-state index in [2.05, 4.69) is 11.5 Å². The molecule has 0 atom stereocenters. The number of fused-ring (bicyclic) bond motifs is 1. The van der Waals surface area contributed by atoms with Gasteiger partial charge in [-0.1, -0.05) is 17.7 Å². The van der Waals surface area contributed by atoms with Gasteiger partial charge in [-0.25, -0.2) is 4.39 Å². The number of hydrogen-bond acceptors (Lipinski definition) is 1. The fourth-order valence-electron chi connectivity index (χ4n) is 2.51. The van der Waals surface area contributed by atoms with E-state index in [1.165, 1.54) is 6.07 Å². The number of aromatic nitrogens is 1. The fourth-order valence-corrected chi connectivity index (χ4v) is 2.69. The van der Waals surface area contributed by atoms with E-state index < -0.39 is 0 Å². The molecule has 2 nitrogen and oxygen atoms in total. The van der Waals surface area contributed by atoms with Gasteiger partial charge in [0.1, 0.15) is 18.2 Å². The summed E-state index contributed by atoms with van der Waals surface area (Å²) in [7, 11) is 0. The van der Waals surface area contributed by atoms with Crippen LogP contribution in [0.15, 0.2) is 48.5 Å². The summed E-state index contributed by atoms with van der Waals surface area (Å²) in [6, 6.07) is 14.1. The SMILES string of the molecule is CCn1c(COc2cccc(Cl)c2)cc2cc(F)ccc21. The van der Waals surface area contributed by atoms with Crippen molar-refractivity contribution in [2.45, 2.75) is 20.1 Å². The van der Waals surface area contributed by atoms with Gasteiger partial charge in [0, 0.05) is 22.5 Å². The molecule has 0 amide bonds. The minimum Gasteiger partial charge on any atom is -0.487 e. The standard InChI is InChI=1S/C17H15ClFNO/c1-2-20-15(9-12-8-14(19)6-7-17(12)20)11-21-16-5-3-4-13(18)10-16/h3-10H,2,11H2,1H3. The molecule has 0 bridgehead atoms. The molecule has 2 aromatic carbocycles. The molecular formula is C17H15ClFNO. The lowest BCUT2D eigenvalue weighted by Gasteiger charge is -2.10. The Morgan fingerprint density at radius 3 is 2.76 bits per heavy atom. The zero-order valence-electron chi connectivity index (χ0n) is 11.6. The maximum Gasteiger partial charge on any atom is 0.128 e.